The second kappa shape index (κ2) is 7.91. The highest BCUT2D eigenvalue weighted by Crippen LogP contribution is 2.29. The fourth-order valence-corrected chi connectivity index (χ4v) is 3.85. The number of nitrogens with zero attached hydrogens (tertiary/aromatic N) is 4. The summed E-state index contributed by atoms with van der Waals surface area (Å²) in [6.45, 7) is 0. The molecule has 3 aromatic heterocycles. The van der Waals surface area contributed by atoms with Crippen LogP contribution in [-0.4, -0.2) is 43.6 Å². The third-order valence-electron chi connectivity index (χ3n) is 5.70. The Morgan fingerprint density at radius 1 is 1.03 bits per heavy atom. The van der Waals surface area contributed by atoms with Gasteiger partial charge in [-0.1, -0.05) is 0 Å². The number of amides is 1. The van der Waals surface area contributed by atoms with Crippen molar-refractivity contribution in [2.75, 3.05) is 16.0 Å². The van der Waals surface area contributed by atoms with Gasteiger partial charge in [0.2, 0.25) is 0 Å². The number of hydrogen-bond acceptors (Lipinski definition) is 7. The molecule has 3 heterocycles. The second-order valence-electron chi connectivity index (χ2n) is 8.19. The molecule has 0 atom stereocenters. The molecule has 1 amide bonds. The Kier molecular flexibility index (Phi) is 4.96. The zero-order valence-electron chi connectivity index (χ0n) is 16.7. The van der Waals surface area contributed by atoms with E-state index in [9.17, 15) is 4.79 Å². The number of hydrogen-bond donors (Lipinski definition) is 4. The summed E-state index contributed by atoms with van der Waals surface area (Å²) >= 11 is 0. The molecule has 0 bridgehead atoms. The average Bonchev–Trinajstić information content (AvgIpc) is 3.46. The molecule has 0 spiro atoms. The predicted molar refractivity (Wildman–Crippen MR) is 116 cm³/mol. The van der Waals surface area contributed by atoms with Crippen LogP contribution in [0, 0.1) is 0 Å². The minimum atomic E-state index is -0.264. The summed E-state index contributed by atoms with van der Waals surface area (Å²) in [6, 6.07) is 6.58. The van der Waals surface area contributed by atoms with Gasteiger partial charge in [-0.05, 0) is 50.7 Å². The number of imidazole rings is 1. The largest absolute Gasteiger partial charge is 0.379 e. The summed E-state index contributed by atoms with van der Waals surface area (Å²) < 4.78 is 1.62. The number of carbonyl (C=O) groups excluding carboxylic acids is 1. The van der Waals surface area contributed by atoms with Gasteiger partial charge in [0, 0.05) is 42.3 Å². The number of rotatable bonds is 6. The predicted octanol–water partition coefficient (Wildman–Crippen LogP) is 2.63. The fourth-order valence-electron chi connectivity index (χ4n) is 3.85. The van der Waals surface area contributed by atoms with E-state index in [2.05, 4.69) is 25.9 Å². The number of nitrogens with two attached hydrogens (primary N) is 1. The maximum Gasteiger partial charge on any atom is 0.276 e. The molecule has 5 N–H and O–H groups in total. The van der Waals surface area contributed by atoms with Crippen molar-refractivity contribution in [3.63, 3.8) is 0 Å². The number of aromatic nitrogens is 4. The lowest BCUT2D eigenvalue weighted by Crippen LogP contribution is -2.33. The van der Waals surface area contributed by atoms with Gasteiger partial charge in [-0.15, -0.1) is 5.10 Å². The monoisotopic (exact) mass is 406 g/mol. The minimum absolute atomic E-state index is 0.264. The lowest BCUT2D eigenvalue weighted by molar-refractivity contribution is 0.102. The number of carbonyl (C=O) groups is 1. The van der Waals surface area contributed by atoms with Crippen LogP contribution in [0.5, 0.6) is 0 Å². The van der Waals surface area contributed by atoms with Gasteiger partial charge in [-0.3, -0.25) is 9.78 Å². The van der Waals surface area contributed by atoms with Crippen LogP contribution < -0.4 is 21.7 Å². The van der Waals surface area contributed by atoms with Crippen LogP contribution >= 0.6 is 0 Å². The molecule has 2 saturated carbocycles. The Balaban J connectivity index is 1.45. The number of nitrogens with one attached hydrogen (secondary N) is 3. The van der Waals surface area contributed by atoms with E-state index in [0.29, 0.717) is 35.2 Å². The molecule has 2 fully saturated rings. The van der Waals surface area contributed by atoms with Crippen LogP contribution in [0.1, 0.15) is 49.0 Å². The first-order valence-corrected chi connectivity index (χ1v) is 10.5. The van der Waals surface area contributed by atoms with Crippen molar-refractivity contribution in [2.24, 2.45) is 5.73 Å². The van der Waals surface area contributed by atoms with Crippen molar-refractivity contribution in [3.8, 4) is 0 Å². The first-order valence-electron chi connectivity index (χ1n) is 10.5. The van der Waals surface area contributed by atoms with Crippen LogP contribution in [0.2, 0.25) is 0 Å². The molecule has 30 heavy (non-hydrogen) atoms. The lowest BCUT2D eigenvalue weighted by Gasteiger charge is -2.27. The number of fused-ring (bicyclic) bond motifs is 1. The maximum absolute atomic E-state index is 12.9. The Morgan fingerprint density at radius 2 is 1.73 bits per heavy atom. The molecule has 156 valence electrons. The molecule has 0 unspecified atom stereocenters. The van der Waals surface area contributed by atoms with Crippen LogP contribution in [0.3, 0.4) is 0 Å². The van der Waals surface area contributed by atoms with Gasteiger partial charge in [0.15, 0.2) is 11.3 Å². The molecule has 0 saturated heterocycles. The van der Waals surface area contributed by atoms with Gasteiger partial charge in [0.25, 0.3) is 5.91 Å². The second-order valence-corrected chi connectivity index (χ2v) is 8.19. The zero-order valence-corrected chi connectivity index (χ0v) is 16.7. The number of pyridine rings is 1. The van der Waals surface area contributed by atoms with Gasteiger partial charge >= 0.3 is 0 Å². The SMILES string of the molecule is N[C@H]1CC[C@H](Nc2cc(NC3CC3)c3ncc(C(=O)Nc4ccncc4)n3n2)CC1. The smallest absolute Gasteiger partial charge is 0.276 e. The summed E-state index contributed by atoms with van der Waals surface area (Å²) in [6.07, 6.45) is 11.2. The quantitative estimate of drug-likeness (QED) is 0.496. The van der Waals surface area contributed by atoms with E-state index in [1.165, 1.54) is 0 Å². The Labute approximate surface area is 174 Å². The topological polar surface area (TPSA) is 122 Å². The molecule has 9 heteroatoms. The molecule has 5 rings (SSSR count). The van der Waals surface area contributed by atoms with Crippen molar-refractivity contribution in [1.29, 1.82) is 0 Å². The Morgan fingerprint density at radius 3 is 2.47 bits per heavy atom. The van der Waals surface area contributed by atoms with Crippen molar-refractivity contribution >= 4 is 28.7 Å². The Hall–Kier alpha value is -3.20. The van der Waals surface area contributed by atoms with Crippen LogP contribution in [0.15, 0.2) is 36.8 Å². The molecule has 0 aliphatic heterocycles. The molecular weight excluding hydrogens is 380 g/mol. The van der Waals surface area contributed by atoms with Crippen LogP contribution in [-0.2, 0) is 0 Å². The van der Waals surface area contributed by atoms with E-state index in [1.807, 2.05) is 6.07 Å². The molecular formula is C21H26N8O. The third-order valence-corrected chi connectivity index (χ3v) is 5.70. The van der Waals surface area contributed by atoms with Crippen molar-refractivity contribution in [3.05, 3.63) is 42.5 Å². The standard InChI is InChI=1S/C21H26N8O/c22-13-1-3-15(4-2-13)26-19-11-17(25-14-5-6-14)20-24-12-18(29(20)28-19)21(30)27-16-7-9-23-10-8-16/h7-15,25H,1-6,22H2,(H,26,28)(H,23,27,30)/t13-,15-. The minimum Gasteiger partial charge on any atom is -0.379 e. The molecule has 9 nitrogen and oxygen atoms in total. The van der Waals surface area contributed by atoms with E-state index in [4.69, 9.17) is 10.8 Å². The average molecular weight is 406 g/mol. The van der Waals surface area contributed by atoms with E-state index < -0.39 is 0 Å². The molecule has 0 radical (unpaired) electrons. The maximum atomic E-state index is 12.9. The van der Waals surface area contributed by atoms with E-state index in [1.54, 1.807) is 35.2 Å². The fraction of sp³-hybridized carbons (Fsp3) is 0.429. The van der Waals surface area contributed by atoms with Gasteiger partial charge < -0.3 is 21.7 Å². The van der Waals surface area contributed by atoms with Gasteiger partial charge in [-0.25, -0.2) is 9.50 Å². The summed E-state index contributed by atoms with van der Waals surface area (Å²) in [5, 5.41) is 14.6. The lowest BCUT2D eigenvalue weighted by atomic mass is 9.92. The molecule has 0 aromatic carbocycles. The van der Waals surface area contributed by atoms with Gasteiger partial charge in [0.05, 0.1) is 11.9 Å². The van der Waals surface area contributed by atoms with Crippen LogP contribution in [0.4, 0.5) is 17.2 Å². The van der Waals surface area contributed by atoms with Crippen LogP contribution in [0.25, 0.3) is 5.65 Å². The van der Waals surface area contributed by atoms with Gasteiger partial charge in [0.1, 0.15) is 5.82 Å². The van der Waals surface area contributed by atoms with Crippen molar-refractivity contribution < 1.29 is 4.79 Å². The highest BCUT2D eigenvalue weighted by molar-refractivity contribution is 6.03. The van der Waals surface area contributed by atoms with Crippen molar-refractivity contribution in [1.82, 2.24) is 19.6 Å². The normalized spacial score (nSPS) is 21.4. The van der Waals surface area contributed by atoms with E-state index >= 15 is 0 Å². The first-order chi connectivity index (χ1) is 14.7. The first kappa shape index (κ1) is 18.8. The van der Waals surface area contributed by atoms with Crippen molar-refractivity contribution in [2.45, 2.75) is 56.7 Å². The van der Waals surface area contributed by atoms with Gasteiger partial charge in [-0.2, -0.15) is 0 Å². The summed E-state index contributed by atoms with van der Waals surface area (Å²) in [4.78, 5) is 21.3. The molecule has 2 aliphatic rings. The zero-order chi connectivity index (χ0) is 20.5. The van der Waals surface area contributed by atoms with E-state index in [-0.39, 0.29) is 5.91 Å². The highest BCUT2D eigenvalue weighted by Gasteiger charge is 2.25. The number of anilines is 3. The summed E-state index contributed by atoms with van der Waals surface area (Å²) in [5.74, 6) is 0.474. The van der Waals surface area contributed by atoms with E-state index in [0.717, 1.165) is 50.0 Å². The third kappa shape index (κ3) is 4.06. The molecule has 2 aliphatic carbocycles. The summed E-state index contributed by atoms with van der Waals surface area (Å²) in [5.41, 5.74) is 8.64. The highest BCUT2D eigenvalue weighted by atomic mass is 16.2. The molecule has 3 aromatic rings. The summed E-state index contributed by atoms with van der Waals surface area (Å²) in [7, 11) is 0. The Bertz CT molecular complexity index is 1040.